The van der Waals surface area contributed by atoms with Gasteiger partial charge in [0.2, 0.25) is 5.13 Å². The molecule has 1 amide bonds. The van der Waals surface area contributed by atoms with Crippen molar-refractivity contribution >= 4 is 57.3 Å². The Kier molecular flexibility index (Phi) is 6.12. The number of halogens is 2. The number of rotatable bonds is 5. The molecule has 3 rings (SSSR count). The van der Waals surface area contributed by atoms with Gasteiger partial charge in [0.15, 0.2) is 4.34 Å². The molecule has 1 heterocycles. The topological polar surface area (TPSA) is 78.7 Å². The maximum atomic E-state index is 12.2. The lowest BCUT2D eigenvalue weighted by Crippen LogP contribution is -2.11. The molecule has 26 heavy (non-hydrogen) atoms. The predicted octanol–water partition coefficient (Wildman–Crippen LogP) is 5.26. The lowest BCUT2D eigenvalue weighted by molar-refractivity contribution is 0.102. The molecule has 3 aromatic rings. The molecule has 9 heteroatoms. The molecule has 1 N–H and O–H groups in total. The van der Waals surface area contributed by atoms with E-state index >= 15 is 0 Å². The summed E-state index contributed by atoms with van der Waals surface area (Å²) in [6.07, 6.45) is 0. The molecule has 5 nitrogen and oxygen atoms in total. The van der Waals surface area contributed by atoms with Crippen LogP contribution in [0.2, 0.25) is 10.0 Å². The number of aromatic nitrogens is 2. The van der Waals surface area contributed by atoms with Gasteiger partial charge in [-0.1, -0.05) is 58.4 Å². The number of carbonyl (C=O) groups excluding carboxylic acids is 1. The minimum atomic E-state index is -0.330. The quantitative estimate of drug-likeness (QED) is 0.449. The van der Waals surface area contributed by atoms with Crippen molar-refractivity contribution in [3.63, 3.8) is 0 Å². The van der Waals surface area contributed by atoms with Crippen LogP contribution in [0.4, 0.5) is 5.13 Å². The van der Waals surface area contributed by atoms with Gasteiger partial charge in [-0.05, 0) is 35.9 Å². The summed E-state index contributed by atoms with van der Waals surface area (Å²) in [5.74, 6) is 0.365. The van der Waals surface area contributed by atoms with Crippen LogP contribution in [0.3, 0.4) is 0 Å². The van der Waals surface area contributed by atoms with Crippen molar-refractivity contribution in [2.24, 2.45) is 0 Å². The van der Waals surface area contributed by atoms with Gasteiger partial charge in [0.25, 0.3) is 5.91 Å². The first-order valence-corrected chi connectivity index (χ1v) is 9.82. The van der Waals surface area contributed by atoms with E-state index in [0.29, 0.717) is 32.1 Å². The maximum absolute atomic E-state index is 12.2. The number of nitrogens with one attached hydrogen (secondary N) is 1. The van der Waals surface area contributed by atoms with Crippen LogP contribution in [-0.2, 0) is 5.75 Å². The van der Waals surface area contributed by atoms with Gasteiger partial charge >= 0.3 is 0 Å². The molecule has 130 valence electrons. The van der Waals surface area contributed by atoms with E-state index in [1.807, 2.05) is 12.1 Å². The summed E-state index contributed by atoms with van der Waals surface area (Å²) in [6, 6.07) is 14.1. The molecule has 1 aromatic heterocycles. The van der Waals surface area contributed by atoms with Gasteiger partial charge < -0.3 is 0 Å². The third-order valence-corrected chi connectivity index (χ3v) is 6.04. The largest absolute Gasteiger partial charge is 0.296 e. The average molecular weight is 421 g/mol. The summed E-state index contributed by atoms with van der Waals surface area (Å²) in [7, 11) is 0. The smallest absolute Gasteiger partial charge is 0.257 e. The zero-order valence-electron chi connectivity index (χ0n) is 13.1. The molecular formula is C17H10Cl2N4OS2. The molecule has 0 spiro atoms. The highest BCUT2D eigenvalue weighted by molar-refractivity contribution is 8.00. The molecule has 0 saturated carbocycles. The van der Waals surface area contributed by atoms with E-state index in [1.54, 1.807) is 24.3 Å². The van der Waals surface area contributed by atoms with E-state index in [0.717, 1.165) is 9.90 Å². The lowest BCUT2D eigenvalue weighted by atomic mass is 10.2. The highest BCUT2D eigenvalue weighted by Gasteiger charge is 2.12. The minimum Gasteiger partial charge on any atom is -0.296 e. The van der Waals surface area contributed by atoms with Gasteiger partial charge in [-0.25, -0.2) is 0 Å². The maximum Gasteiger partial charge on any atom is 0.257 e. The molecule has 0 fully saturated rings. The highest BCUT2D eigenvalue weighted by Crippen LogP contribution is 2.29. The zero-order chi connectivity index (χ0) is 18.5. The summed E-state index contributed by atoms with van der Waals surface area (Å²) in [6.45, 7) is 0. The summed E-state index contributed by atoms with van der Waals surface area (Å²) >= 11 is 14.6. The molecule has 0 aliphatic carbocycles. The van der Waals surface area contributed by atoms with Crippen molar-refractivity contribution in [1.82, 2.24) is 10.2 Å². The second-order valence-corrected chi connectivity index (χ2v) is 8.07. The first-order valence-electron chi connectivity index (χ1n) is 7.27. The molecule has 2 aromatic carbocycles. The van der Waals surface area contributed by atoms with Crippen molar-refractivity contribution < 1.29 is 4.79 Å². The number of carbonyl (C=O) groups is 1. The third-order valence-electron chi connectivity index (χ3n) is 3.25. The van der Waals surface area contributed by atoms with Crippen LogP contribution < -0.4 is 5.32 Å². The average Bonchev–Trinajstić information content (AvgIpc) is 3.10. The predicted molar refractivity (Wildman–Crippen MR) is 105 cm³/mol. The molecular weight excluding hydrogens is 411 g/mol. The van der Waals surface area contributed by atoms with Crippen molar-refractivity contribution in [3.05, 3.63) is 69.2 Å². The number of nitriles is 1. The molecule has 0 bridgehead atoms. The molecule has 0 unspecified atom stereocenters. The summed E-state index contributed by atoms with van der Waals surface area (Å²) < 4.78 is 0.735. The number of amides is 1. The molecule has 0 saturated heterocycles. The van der Waals surface area contributed by atoms with Gasteiger partial charge in [-0.3, -0.25) is 10.1 Å². The lowest BCUT2D eigenvalue weighted by Gasteiger charge is -2.02. The Bertz CT molecular complexity index is 983. The van der Waals surface area contributed by atoms with Crippen LogP contribution in [0.1, 0.15) is 21.5 Å². The Balaban J connectivity index is 1.59. The summed E-state index contributed by atoms with van der Waals surface area (Å²) in [4.78, 5) is 12.2. The van der Waals surface area contributed by atoms with Gasteiger partial charge in [-0.2, -0.15) is 5.26 Å². The number of anilines is 1. The number of benzene rings is 2. The molecule has 0 radical (unpaired) electrons. The zero-order valence-corrected chi connectivity index (χ0v) is 16.2. The number of nitrogens with zero attached hydrogens (tertiary/aromatic N) is 3. The molecule has 0 aliphatic heterocycles. The van der Waals surface area contributed by atoms with E-state index in [1.165, 1.54) is 29.2 Å². The highest BCUT2D eigenvalue weighted by atomic mass is 35.5. The van der Waals surface area contributed by atoms with E-state index in [2.05, 4.69) is 21.6 Å². The van der Waals surface area contributed by atoms with Crippen LogP contribution >= 0.6 is 46.3 Å². The normalized spacial score (nSPS) is 10.3. The Morgan fingerprint density at radius 2 is 1.92 bits per heavy atom. The van der Waals surface area contributed by atoms with Crippen molar-refractivity contribution in [2.45, 2.75) is 10.1 Å². The van der Waals surface area contributed by atoms with E-state index in [-0.39, 0.29) is 5.91 Å². The Hall–Kier alpha value is -2.11. The van der Waals surface area contributed by atoms with Gasteiger partial charge in [0.05, 0.1) is 21.7 Å². The van der Waals surface area contributed by atoms with E-state index in [9.17, 15) is 4.79 Å². The minimum absolute atomic E-state index is 0.315. The van der Waals surface area contributed by atoms with Gasteiger partial charge in [-0.15, -0.1) is 10.2 Å². The van der Waals surface area contributed by atoms with Crippen molar-refractivity contribution in [1.29, 1.82) is 5.26 Å². The fraction of sp³-hybridized carbons (Fsp3) is 0.0588. The third kappa shape index (κ3) is 4.74. The van der Waals surface area contributed by atoms with Crippen LogP contribution in [0, 0.1) is 11.3 Å². The summed E-state index contributed by atoms with van der Waals surface area (Å²) in [5.41, 5.74) is 2.09. The standard InChI is InChI=1S/C17H10Cl2N4OS2/c18-13-6-5-12(7-14(13)19)15(24)21-16-22-23-17(26-16)25-9-11-3-1-10(8-20)2-4-11/h1-7H,9H2,(H,21,22,24). The van der Waals surface area contributed by atoms with E-state index < -0.39 is 0 Å². The fourth-order valence-corrected chi connectivity index (χ4v) is 3.95. The van der Waals surface area contributed by atoms with Crippen LogP contribution in [0.25, 0.3) is 0 Å². The second-order valence-electron chi connectivity index (χ2n) is 5.05. The fourth-order valence-electron chi connectivity index (χ4n) is 1.95. The van der Waals surface area contributed by atoms with Gasteiger partial charge in [0, 0.05) is 11.3 Å². The number of hydrogen-bond donors (Lipinski definition) is 1. The Morgan fingerprint density at radius 1 is 1.15 bits per heavy atom. The van der Waals surface area contributed by atoms with E-state index in [4.69, 9.17) is 28.5 Å². The molecule has 0 atom stereocenters. The second kappa shape index (κ2) is 8.52. The molecule has 0 aliphatic rings. The van der Waals surface area contributed by atoms with Gasteiger partial charge in [0.1, 0.15) is 0 Å². The Labute approximate surface area is 168 Å². The van der Waals surface area contributed by atoms with Crippen molar-refractivity contribution in [3.8, 4) is 6.07 Å². The van der Waals surface area contributed by atoms with Crippen LogP contribution in [-0.4, -0.2) is 16.1 Å². The van der Waals surface area contributed by atoms with Crippen LogP contribution in [0.5, 0.6) is 0 Å². The number of thioether (sulfide) groups is 1. The monoisotopic (exact) mass is 420 g/mol. The summed E-state index contributed by atoms with van der Waals surface area (Å²) in [5, 5.41) is 20.6. The van der Waals surface area contributed by atoms with Crippen LogP contribution in [0.15, 0.2) is 46.8 Å². The van der Waals surface area contributed by atoms with Crippen molar-refractivity contribution in [2.75, 3.05) is 5.32 Å². The first kappa shape index (κ1) is 18.7. The number of hydrogen-bond acceptors (Lipinski definition) is 6. The SMILES string of the molecule is N#Cc1ccc(CSc2nnc(NC(=O)c3ccc(Cl)c(Cl)c3)s2)cc1. The first-order chi connectivity index (χ1) is 12.5. The Morgan fingerprint density at radius 3 is 2.62 bits per heavy atom.